The fourth-order valence-corrected chi connectivity index (χ4v) is 7.17. The molecule has 14 heteroatoms. The van der Waals surface area contributed by atoms with Gasteiger partial charge in [-0.2, -0.15) is 10.2 Å². The van der Waals surface area contributed by atoms with Crippen LogP contribution in [0.25, 0.3) is 56.3 Å². The number of imidazole rings is 2. The lowest BCUT2D eigenvalue weighted by Crippen LogP contribution is -2.29. The average molecular weight is 845 g/mol. The lowest BCUT2D eigenvalue weighted by Gasteiger charge is -2.19. The van der Waals surface area contributed by atoms with E-state index < -0.39 is 11.2 Å². The maximum absolute atomic E-state index is 11.0. The van der Waals surface area contributed by atoms with E-state index in [9.17, 15) is 15.0 Å². The maximum atomic E-state index is 11.0. The zero-order valence-electron chi connectivity index (χ0n) is 35.0. The van der Waals surface area contributed by atoms with E-state index >= 15 is 0 Å². The molecule has 4 N–H and O–H groups in total. The van der Waals surface area contributed by atoms with Crippen molar-refractivity contribution in [2.75, 3.05) is 23.7 Å². The first-order chi connectivity index (χ1) is 29.8. The van der Waals surface area contributed by atoms with Crippen molar-refractivity contribution in [3.05, 3.63) is 133 Å². The van der Waals surface area contributed by atoms with E-state index in [2.05, 4.69) is 54.8 Å². The Labute approximate surface area is 365 Å². The van der Waals surface area contributed by atoms with Gasteiger partial charge in [-0.3, -0.25) is 14.8 Å². The summed E-state index contributed by atoms with van der Waals surface area (Å²) in [5.41, 5.74) is 9.98. The van der Waals surface area contributed by atoms with Gasteiger partial charge in [-0.15, -0.1) is 0 Å². The SMILES string of the molecule is CC(C)(O)CNc1cc(-c2ccncc2)nn2c(-c3ccc(C(=S)CC4CC4)cc3)cnc12.CC(C)(O)CNc1cc(-c2ccncc2)nn2c(-c3ccc(C=O)cc3)cnc12. The summed E-state index contributed by atoms with van der Waals surface area (Å²) in [6.45, 7) is 7.78. The molecule has 0 spiro atoms. The van der Waals surface area contributed by atoms with E-state index in [0.717, 1.165) is 85.5 Å². The summed E-state index contributed by atoms with van der Waals surface area (Å²) in [6.07, 6.45) is 15.0. The first-order valence-electron chi connectivity index (χ1n) is 20.5. The number of thiocarbonyl (C=S) groups is 1. The molecule has 1 fully saturated rings. The van der Waals surface area contributed by atoms with Gasteiger partial charge in [-0.25, -0.2) is 19.0 Å². The number of aldehydes is 1. The van der Waals surface area contributed by atoms with Gasteiger partial charge in [-0.05, 0) is 94.8 Å². The van der Waals surface area contributed by atoms with E-state index in [-0.39, 0.29) is 0 Å². The Balaban J connectivity index is 0.000000172. The minimum atomic E-state index is -0.878. The van der Waals surface area contributed by atoms with Gasteiger partial charge in [0.25, 0.3) is 0 Å². The number of rotatable bonds is 14. The summed E-state index contributed by atoms with van der Waals surface area (Å²) in [6, 6.07) is 27.2. The molecule has 0 bridgehead atoms. The molecule has 6 heterocycles. The number of carbonyl (C=O) groups excluding carboxylic acids is 1. The summed E-state index contributed by atoms with van der Waals surface area (Å²) >= 11 is 5.64. The number of pyridine rings is 2. The summed E-state index contributed by atoms with van der Waals surface area (Å²) < 4.78 is 3.64. The van der Waals surface area contributed by atoms with Gasteiger partial charge in [0.15, 0.2) is 11.3 Å². The summed E-state index contributed by atoms with van der Waals surface area (Å²) in [5.74, 6) is 0.779. The second kappa shape index (κ2) is 17.7. The van der Waals surface area contributed by atoms with Crippen LogP contribution in [-0.2, 0) is 0 Å². The number of benzene rings is 2. The predicted octanol–water partition coefficient (Wildman–Crippen LogP) is 8.61. The molecule has 0 radical (unpaired) electrons. The molecule has 8 aromatic rings. The predicted molar refractivity (Wildman–Crippen MR) is 247 cm³/mol. The number of hydrogen-bond donors (Lipinski definition) is 4. The first-order valence-corrected chi connectivity index (χ1v) is 20.9. The van der Waals surface area contributed by atoms with Crippen LogP contribution in [0, 0.1) is 5.92 Å². The maximum Gasteiger partial charge on any atom is 0.177 e. The smallest absolute Gasteiger partial charge is 0.177 e. The molecule has 0 atom stereocenters. The number of nitrogens with one attached hydrogen (secondary N) is 2. The standard InChI is InChI=1S/C26H27N5OS.C22H21N5O2/c1-26(2,32)16-29-22-14-21(18-9-11-27-12-10-18)30-31-23(15-28-25(22)31)19-5-7-20(8-6-19)24(33)13-17-3-4-17;1-22(2,29)14-25-19-11-18(16-7-9-23-10-8-16)26-27-20(12-24-21(19)27)17-5-3-15(13-28)4-6-17/h5-12,14-15,17,29,32H,3-4,13,16H2,1-2H3;3-13,25,29H,14H2,1-2H3. The highest BCUT2D eigenvalue weighted by Gasteiger charge is 2.24. The van der Waals surface area contributed by atoms with Gasteiger partial charge in [0.2, 0.25) is 0 Å². The molecule has 0 unspecified atom stereocenters. The number of hydrogen-bond acceptors (Lipinski definition) is 12. The van der Waals surface area contributed by atoms with E-state index in [1.807, 2.05) is 59.2 Å². The Morgan fingerprint density at radius 1 is 0.677 bits per heavy atom. The summed E-state index contributed by atoms with van der Waals surface area (Å²) in [4.78, 5) is 29.4. The minimum Gasteiger partial charge on any atom is -0.389 e. The van der Waals surface area contributed by atoms with Crippen LogP contribution in [0.2, 0.25) is 0 Å². The molecule has 13 nitrogen and oxygen atoms in total. The van der Waals surface area contributed by atoms with Crippen LogP contribution >= 0.6 is 12.2 Å². The number of anilines is 2. The third-order valence-corrected chi connectivity index (χ3v) is 10.7. The normalized spacial score (nSPS) is 12.8. The van der Waals surface area contributed by atoms with E-state index in [0.29, 0.717) is 29.9 Å². The number of fused-ring (bicyclic) bond motifs is 2. The zero-order chi connectivity index (χ0) is 43.4. The van der Waals surface area contributed by atoms with Crippen molar-refractivity contribution >= 4 is 46.0 Å². The Morgan fingerprint density at radius 3 is 1.52 bits per heavy atom. The number of aromatic nitrogens is 8. The third kappa shape index (κ3) is 10.1. The zero-order valence-corrected chi connectivity index (χ0v) is 35.8. The molecule has 9 rings (SSSR count). The Kier molecular flexibility index (Phi) is 12.0. The van der Waals surface area contributed by atoms with Crippen LogP contribution < -0.4 is 10.6 Å². The van der Waals surface area contributed by atoms with Crippen molar-refractivity contribution < 1.29 is 15.0 Å². The molecule has 62 heavy (non-hydrogen) atoms. The number of carbonyl (C=O) groups is 1. The quantitative estimate of drug-likeness (QED) is 0.0468. The molecule has 1 saturated carbocycles. The van der Waals surface area contributed by atoms with Crippen LogP contribution in [-0.4, -0.2) is 84.8 Å². The fourth-order valence-electron chi connectivity index (χ4n) is 6.80. The summed E-state index contributed by atoms with van der Waals surface area (Å²) in [5, 5.41) is 36.7. The van der Waals surface area contributed by atoms with E-state index in [1.54, 1.807) is 75.3 Å². The van der Waals surface area contributed by atoms with Gasteiger partial charge in [-0.1, -0.05) is 60.7 Å². The molecular weight excluding hydrogens is 797 g/mol. The van der Waals surface area contributed by atoms with Crippen molar-refractivity contribution in [3.8, 4) is 45.0 Å². The Morgan fingerprint density at radius 2 is 1.11 bits per heavy atom. The second-order valence-corrected chi connectivity index (χ2v) is 17.3. The number of nitrogens with zero attached hydrogens (tertiary/aromatic N) is 8. The molecule has 314 valence electrons. The molecule has 1 aliphatic rings. The van der Waals surface area contributed by atoms with Crippen LogP contribution in [0.15, 0.2) is 122 Å². The van der Waals surface area contributed by atoms with Crippen molar-refractivity contribution in [1.82, 2.24) is 39.2 Å². The van der Waals surface area contributed by atoms with Crippen LogP contribution in [0.4, 0.5) is 11.4 Å². The monoisotopic (exact) mass is 844 g/mol. The van der Waals surface area contributed by atoms with Crippen molar-refractivity contribution in [2.24, 2.45) is 5.92 Å². The van der Waals surface area contributed by atoms with Gasteiger partial charge in [0.05, 0.1) is 57.7 Å². The Bertz CT molecular complexity index is 2830. The molecular formula is C48H48N10O3S. The van der Waals surface area contributed by atoms with Crippen molar-refractivity contribution in [2.45, 2.75) is 58.2 Å². The molecule has 0 saturated heterocycles. The molecule has 1 aliphatic carbocycles. The van der Waals surface area contributed by atoms with Gasteiger partial charge in [0, 0.05) is 70.6 Å². The first kappa shape index (κ1) is 42.0. The topological polar surface area (TPSA) is 168 Å². The van der Waals surface area contributed by atoms with Crippen LogP contribution in [0.1, 0.15) is 62.9 Å². The fraction of sp³-hybridized carbons (Fsp3) is 0.250. The number of aliphatic hydroxyl groups is 2. The molecule has 0 aliphatic heterocycles. The lowest BCUT2D eigenvalue weighted by atomic mass is 10.0. The van der Waals surface area contributed by atoms with Crippen LogP contribution in [0.3, 0.4) is 0 Å². The van der Waals surface area contributed by atoms with Crippen molar-refractivity contribution in [3.63, 3.8) is 0 Å². The lowest BCUT2D eigenvalue weighted by molar-refractivity contribution is 0.0939. The minimum absolute atomic E-state index is 0.360. The summed E-state index contributed by atoms with van der Waals surface area (Å²) in [7, 11) is 0. The van der Waals surface area contributed by atoms with Gasteiger partial charge >= 0.3 is 0 Å². The van der Waals surface area contributed by atoms with Crippen LogP contribution in [0.5, 0.6) is 0 Å². The van der Waals surface area contributed by atoms with E-state index in [4.69, 9.17) is 22.4 Å². The highest BCUT2D eigenvalue weighted by Crippen LogP contribution is 2.35. The Hall–Kier alpha value is -6.74. The highest BCUT2D eigenvalue weighted by atomic mass is 32.1. The van der Waals surface area contributed by atoms with Gasteiger partial charge < -0.3 is 20.8 Å². The largest absolute Gasteiger partial charge is 0.389 e. The molecule has 6 aromatic heterocycles. The molecule has 0 amide bonds. The second-order valence-electron chi connectivity index (χ2n) is 16.8. The van der Waals surface area contributed by atoms with Gasteiger partial charge in [0.1, 0.15) is 6.29 Å². The van der Waals surface area contributed by atoms with E-state index in [1.165, 1.54) is 12.8 Å². The third-order valence-electron chi connectivity index (χ3n) is 10.3. The van der Waals surface area contributed by atoms with Crippen molar-refractivity contribution in [1.29, 1.82) is 0 Å². The average Bonchev–Trinajstić information content (AvgIpc) is 3.82. The highest BCUT2D eigenvalue weighted by molar-refractivity contribution is 7.80. The molecule has 2 aromatic carbocycles.